The Morgan fingerprint density at radius 2 is 1.90 bits per heavy atom. The van der Waals surface area contributed by atoms with Crippen LogP contribution in [0.4, 0.5) is 0 Å². The summed E-state index contributed by atoms with van der Waals surface area (Å²) in [6, 6.07) is 1.44. The molecule has 112 valence electrons. The first kappa shape index (κ1) is 14.0. The van der Waals surface area contributed by atoms with Gasteiger partial charge in [0, 0.05) is 64.9 Å². The van der Waals surface area contributed by atoms with Crippen LogP contribution < -0.4 is 0 Å². The average Bonchev–Trinajstić information content (AvgIpc) is 2.79. The summed E-state index contributed by atoms with van der Waals surface area (Å²) in [6.45, 7) is 12.8. The second-order valence-corrected chi connectivity index (χ2v) is 6.34. The molecule has 0 unspecified atom stereocenters. The summed E-state index contributed by atoms with van der Waals surface area (Å²) in [6.07, 6.45) is 1.87. The molecule has 1 aromatic heterocycles. The lowest BCUT2D eigenvalue weighted by atomic mass is 10.1. The number of rotatable bonds is 4. The van der Waals surface area contributed by atoms with Gasteiger partial charge in [-0.15, -0.1) is 0 Å². The van der Waals surface area contributed by atoms with Crippen LogP contribution in [0.1, 0.15) is 19.5 Å². The molecule has 0 atom stereocenters. The second kappa shape index (κ2) is 5.79. The van der Waals surface area contributed by atoms with Crippen LogP contribution >= 0.6 is 0 Å². The fourth-order valence-electron chi connectivity index (χ4n) is 3.21. The Morgan fingerprint density at radius 3 is 2.45 bits per heavy atom. The molecule has 2 aliphatic heterocycles. The molecule has 6 nitrogen and oxygen atoms in total. The van der Waals surface area contributed by atoms with Gasteiger partial charge in [0.1, 0.15) is 0 Å². The van der Waals surface area contributed by atoms with Crippen LogP contribution in [0.3, 0.4) is 0 Å². The minimum Gasteiger partial charge on any atom is -0.298 e. The number of piperazine rings is 1. The summed E-state index contributed by atoms with van der Waals surface area (Å²) in [4.78, 5) is 9.33. The Bertz CT molecular complexity index is 429. The zero-order valence-corrected chi connectivity index (χ0v) is 12.9. The molecule has 0 amide bonds. The maximum Gasteiger partial charge on any atom is 0.0967 e. The smallest absolute Gasteiger partial charge is 0.0967 e. The van der Waals surface area contributed by atoms with Gasteiger partial charge in [0.05, 0.1) is 11.9 Å². The Kier molecular flexibility index (Phi) is 4.05. The maximum absolute atomic E-state index is 4.34. The lowest BCUT2D eigenvalue weighted by Crippen LogP contribution is -2.63. The third-order valence-electron chi connectivity index (χ3n) is 4.57. The van der Waals surface area contributed by atoms with Crippen molar-refractivity contribution in [2.45, 2.75) is 32.5 Å². The summed E-state index contributed by atoms with van der Waals surface area (Å²) in [5.41, 5.74) is 1.08. The van der Waals surface area contributed by atoms with Crippen molar-refractivity contribution in [3.05, 3.63) is 11.9 Å². The first-order valence-electron chi connectivity index (χ1n) is 7.67. The van der Waals surface area contributed by atoms with E-state index in [1.54, 1.807) is 4.80 Å². The molecule has 0 spiro atoms. The van der Waals surface area contributed by atoms with Crippen molar-refractivity contribution < 1.29 is 0 Å². The first-order valence-corrected chi connectivity index (χ1v) is 7.67. The Morgan fingerprint density at radius 1 is 1.20 bits per heavy atom. The molecule has 0 aromatic carbocycles. The van der Waals surface area contributed by atoms with E-state index in [0.29, 0.717) is 6.04 Å². The fourth-order valence-corrected chi connectivity index (χ4v) is 3.21. The topological polar surface area (TPSA) is 40.4 Å². The minimum atomic E-state index is 0.687. The second-order valence-electron chi connectivity index (χ2n) is 6.34. The largest absolute Gasteiger partial charge is 0.298 e. The van der Waals surface area contributed by atoms with Crippen LogP contribution in [0.15, 0.2) is 6.20 Å². The lowest BCUT2D eigenvalue weighted by molar-refractivity contribution is -0.00466. The Balaban J connectivity index is 1.40. The molecule has 0 aliphatic carbocycles. The Hall–Kier alpha value is -0.980. The van der Waals surface area contributed by atoms with E-state index >= 15 is 0 Å². The molecule has 3 rings (SSSR count). The highest BCUT2D eigenvalue weighted by Gasteiger charge is 2.33. The predicted octanol–water partition coefficient (Wildman–Crippen LogP) is 0.0253. The van der Waals surface area contributed by atoms with Crippen molar-refractivity contribution in [1.29, 1.82) is 0 Å². The number of aryl methyl sites for hydroxylation is 1. The van der Waals surface area contributed by atoms with Gasteiger partial charge in [-0.25, -0.2) is 0 Å². The molecule has 0 N–H and O–H groups in total. The summed E-state index contributed by atoms with van der Waals surface area (Å²) in [7, 11) is 1.87. The number of hydrogen-bond donors (Lipinski definition) is 0. The van der Waals surface area contributed by atoms with Crippen molar-refractivity contribution in [3.63, 3.8) is 0 Å². The van der Waals surface area contributed by atoms with E-state index in [4.69, 9.17) is 0 Å². The van der Waals surface area contributed by atoms with Gasteiger partial charge in [0.2, 0.25) is 0 Å². The quantitative estimate of drug-likeness (QED) is 0.777. The summed E-state index contributed by atoms with van der Waals surface area (Å²) in [5, 5.41) is 8.47. The van der Waals surface area contributed by atoms with E-state index in [1.807, 2.05) is 13.2 Å². The van der Waals surface area contributed by atoms with Gasteiger partial charge in [-0.2, -0.15) is 15.0 Å². The highest BCUT2D eigenvalue weighted by molar-refractivity contribution is 4.97. The third-order valence-corrected chi connectivity index (χ3v) is 4.57. The molecule has 20 heavy (non-hydrogen) atoms. The van der Waals surface area contributed by atoms with Gasteiger partial charge in [-0.1, -0.05) is 0 Å². The maximum atomic E-state index is 4.34. The van der Waals surface area contributed by atoms with Crippen LogP contribution in [-0.4, -0.2) is 81.0 Å². The molecule has 0 bridgehead atoms. The van der Waals surface area contributed by atoms with Crippen LogP contribution in [0.5, 0.6) is 0 Å². The molecule has 6 heteroatoms. The first-order chi connectivity index (χ1) is 9.61. The van der Waals surface area contributed by atoms with Crippen LogP contribution in [0, 0.1) is 0 Å². The van der Waals surface area contributed by atoms with Gasteiger partial charge < -0.3 is 0 Å². The van der Waals surface area contributed by atoms with E-state index in [1.165, 1.54) is 39.3 Å². The predicted molar refractivity (Wildman–Crippen MR) is 78.4 cm³/mol. The fraction of sp³-hybridized carbons (Fsp3) is 0.857. The van der Waals surface area contributed by atoms with Crippen LogP contribution in [0.2, 0.25) is 0 Å². The van der Waals surface area contributed by atoms with E-state index < -0.39 is 0 Å². The molecule has 0 saturated carbocycles. The van der Waals surface area contributed by atoms with Crippen LogP contribution in [0.25, 0.3) is 0 Å². The average molecular weight is 278 g/mol. The molecule has 0 radical (unpaired) electrons. The molecule has 1 aromatic rings. The van der Waals surface area contributed by atoms with Gasteiger partial charge in [-0.05, 0) is 13.8 Å². The normalized spacial score (nSPS) is 23.4. The standard InChI is InChI=1S/C14H26N6/c1-12(2)19-4-6-20(7-5-19)14-10-18(11-14)9-13-8-15-17(3)16-13/h8,12,14H,4-7,9-11H2,1-3H3. The van der Waals surface area contributed by atoms with Crippen molar-refractivity contribution >= 4 is 0 Å². The summed E-state index contributed by atoms with van der Waals surface area (Å²) < 4.78 is 0. The molecule has 3 heterocycles. The molecular weight excluding hydrogens is 252 g/mol. The summed E-state index contributed by atoms with van der Waals surface area (Å²) >= 11 is 0. The minimum absolute atomic E-state index is 0.687. The SMILES string of the molecule is CC(C)N1CCN(C2CN(Cc3cnn(C)n3)C2)CC1. The van der Waals surface area contributed by atoms with Crippen molar-refractivity contribution in [3.8, 4) is 0 Å². The number of hydrogen-bond acceptors (Lipinski definition) is 5. The van der Waals surface area contributed by atoms with Crippen molar-refractivity contribution in [2.75, 3.05) is 39.3 Å². The number of aromatic nitrogens is 3. The van der Waals surface area contributed by atoms with E-state index in [-0.39, 0.29) is 0 Å². The number of likely N-dealkylation sites (tertiary alicyclic amines) is 1. The zero-order chi connectivity index (χ0) is 14.1. The highest BCUT2D eigenvalue weighted by Crippen LogP contribution is 2.19. The zero-order valence-electron chi connectivity index (χ0n) is 12.9. The number of nitrogens with zero attached hydrogens (tertiary/aromatic N) is 6. The molecule has 2 saturated heterocycles. The van der Waals surface area contributed by atoms with E-state index in [0.717, 1.165) is 18.3 Å². The van der Waals surface area contributed by atoms with Crippen molar-refractivity contribution in [2.24, 2.45) is 7.05 Å². The molecule has 2 aliphatic rings. The van der Waals surface area contributed by atoms with E-state index in [9.17, 15) is 0 Å². The van der Waals surface area contributed by atoms with Gasteiger partial charge >= 0.3 is 0 Å². The van der Waals surface area contributed by atoms with Crippen LogP contribution in [-0.2, 0) is 13.6 Å². The van der Waals surface area contributed by atoms with E-state index in [2.05, 4.69) is 38.7 Å². The van der Waals surface area contributed by atoms with Gasteiger partial charge in [-0.3, -0.25) is 14.7 Å². The molecule has 2 fully saturated rings. The Labute approximate surface area is 121 Å². The highest BCUT2D eigenvalue weighted by atomic mass is 15.5. The van der Waals surface area contributed by atoms with Gasteiger partial charge in [0.15, 0.2) is 0 Å². The molecular formula is C14H26N6. The van der Waals surface area contributed by atoms with Crippen molar-refractivity contribution in [1.82, 2.24) is 29.7 Å². The lowest BCUT2D eigenvalue weighted by Gasteiger charge is -2.48. The monoisotopic (exact) mass is 278 g/mol. The summed E-state index contributed by atoms with van der Waals surface area (Å²) in [5.74, 6) is 0. The third kappa shape index (κ3) is 3.02. The van der Waals surface area contributed by atoms with Gasteiger partial charge in [0.25, 0.3) is 0 Å².